The van der Waals surface area contributed by atoms with Crippen molar-refractivity contribution < 1.29 is 23.8 Å². The van der Waals surface area contributed by atoms with Gasteiger partial charge in [0.2, 0.25) is 5.78 Å². The number of esters is 1. The minimum absolute atomic E-state index is 0.147. The zero-order chi connectivity index (χ0) is 18.5. The van der Waals surface area contributed by atoms with Gasteiger partial charge in [-0.15, -0.1) is 0 Å². The van der Waals surface area contributed by atoms with E-state index in [0.717, 1.165) is 5.56 Å². The predicted molar refractivity (Wildman–Crippen MR) is 97.2 cm³/mol. The highest BCUT2D eigenvalue weighted by Crippen LogP contribution is 2.37. The number of carbonyl (C=O) groups excluding carboxylic acids is 2. The molecule has 0 amide bonds. The van der Waals surface area contributed by atoms with E-state index < -0.39 is 5.97 Å². The number of benzene rings is 2. The number of allylic oxidation sites excluding steroid dienone is 3. The molecule has 0 unspecified atom stereocenters. The quantitative estimate of drug-likeness (QED) is 0.467. The van der Waals surface area contributed by atoms with E-state index in [-0.39, 0.29) is 18.1 Å². The minimum Gasteiger partial charge on any atom is -0.452 e. The van der Waals surface area contributed by atoms with Crippen LogP contribution in [0.4, 0.5) is 0 Å². The molecule has 0 bridgehead atoms. The molecular formula is C21H18O5. The van der Waals surface area contributed by atoms with Gasteiger partial charge in [0, 0.05) is 13.2 Å². The van der Waals surface area contributed by atoms with Gasteiger partial charge in [-0.2, -0.15) is 0 Å². The maximum Gasteiger partial charge on any atom is 0.337 e. The van der Waals surface area contributed by atoms with Gasteiger partial charge in [-0.3, -0.25) is 4.79 Å². The van der Waals surface area contributed by atoms with Crippen LogP contribution in [0.15, 0.2) is 60.4 Å². The average molecular weight is 350 g/mol. The second-order valence-electron chi connectivity index (χ2n) is 5.75. The van der Waals surface area contributed by atoms with Crippen molar-refractivity contribution in [2.75, 3.05) is 13.7 Å². The number of hydrogen-bond acceptors (Lipinski definition) is 5. The maximum absolute atomic E-state index is 12.5. The number of aryl methyl sites for hydroxylation is 1. The van der Waals surface area contributed by atoms with Gasteiger partial charge in [0.05, 0.1) is 5.56 Å². The topological polar surface area (TPSA) is 61.8 Å². The van der Waals surface area contributed by atoms with Crippen molar-refractivity contribution in [3.8, 4) is 11.5 Å². The lowest BCUT2D eigenvalue weighted by Crippen LogP contribution is -2.14. The number of ether oxygens (including phenoxy) is 3. The highest BCUT2D eigenvalue weighted by Gasteiger charge is 2.29. The monoisotopic (exact) mass is 350 g/mol. The van der Waals surface area contributed by atoms with Crippen LogP contribution in [0.3, 0.4) is 0 Å². The molecule has 1 heterocycles. The van der Waals surface area contributed by atoms with Crippen molar-refractivity contribution >= 4 is 17.8 Å². The Bertz CT molecular complexity index is 894. The lowest BCUT2D eigenvalue weighted by molar-refractivity contribution is -0.138. The third-order valence-electron chi connectivity index (χ3n) is 3.77. The fourth-order valence-electron chi connectivity index (χ4n) is 2.64. The fraction of sp³-hybridized carbons (Fsp3) is 0.143. The van der Waals surface area contributed by atoms with Crippen molar-refractivity contribution in [3.63, 3.8) is 0 Å². The van der Waals surface area contributed by atoms with Gasteiger partial charge in [-0.25, -0.2) is 4.79 Å². The third kappa shape index (κ3) is 3.90. The number of carbonyl (C=O) groups is 2. The first-order valence-electron chi connectivity index (χ1n) is 8.08. The molecule has 1 aliphatic rings. The van der Waals surface area contributed by atoms with Crippen LogP contribution in [0, 0.1) is 6.92 Å². The molecule has 0 aromatic heterocycles. The SMILES string of the molecule is COCC(=O)Oc1cc(C)c2c(c1)O/C(=C\C=C\c1ccccc1)C2=O. The zero-order valence-corrected chi connectivity index (χ0v) is 14.5. The number of ketones is 1. The van der Waals surface area contributed by atoms with Gasteiger partial charge in [-0.1, -0.05) is 42.5 Å². The Balaban J connectivity index is 1.80. The van der Waals surface area contributed by atoms with Gasteiger partial charge < -0.3 is 14.2 Å². The van der Waals surface area contributed by atoms with Crippen molar-refractivity contribution in [3.05, 3.63) is 77.1 Å². The van der Waals surface area contributed by atoms with Gasteiger partial charge in [0.15, 0.2) is 5.76 Å². The van der Waals surface area contributed by atoms with E-state index in [4.69, 9.17) is 14.2 Å². The summed E-state index contributed by atoms with van der Waals surface area (Å²) < 4.78 is 15.6. The van der Waals surface area contributed by atoms with Crippen LogP contribution in [0.5, 0.6) is 11.5 Å². The summed E-state index contributed by atoms with van der Waals surface area (Å²) in [5.41, 5.74) is 2.19. The Morgan fingerprint density at radius 1 is 1.19 bits per heavy atom. The van der Waals surface area contributed by atoms with E-state index in [9.17, 15) is 9.59 Å². The predicted octanol–water partition coefficient (Wildman–Crippen LogP) is 3.72. The van der Waals surface area contributed by atoms with Gasteiger partial charge in [-0.05, 0) is 30.2 Å². The highest BCUT2D eigenvalue weighted by molar-refractivity contribution is 6.13. The minimum atomic E-state index is -0.516. The molecule has 5 heteroatoms. The molecule has 2 aromatic rings. The van der Waals surface area contributed by atoms with Crippen molar-refractivity contribution in [2.45, 2.75) is 6.92 Å². The Hall–Kier alpha value is -3.18. The number of hydrogen-bond donors (Lipinski definition) is 0. The van der Waals surface area contributed by atoms with Crippen molar-refractivity contribution in [1.29, 1.82) is 0 Å². The first-order valence-corrected chi connectivity index (χ1v) is 8.08. The second kappa shape index (κ2) is 7.80. The average Bonchev–Trinajstić information content (AvgIpc) is 2.92. The van der Waals surface area contributed by atoms with Crippen LogP contribution in [0.1, 0.15) is 21.5 Å². The van der Waals surface area contributed by atoms with E-state index in [2.05, 4.69) is 0 Å². The van der Waals surface area contributed by atoms with E-state index >= 15 is 0 Å². The van der Waals surface area contributed by atoms with Crippen LogP contribution in [-0.2, 0) is 9.53 Å². The standard InChI is InChI=1S/C21H18O5/c1-14-11-16(25-19(22)13-24-2)12-18-20(14)21(23)17(26-18)10-6-9-15-7-4-3-5-8-15/h3-12H,13H2,1-2H3/b9-6+,17-10-. The largest absolute Gasteiger partial charge is 0.452 e. The summed E-state index contributed by atoms with van der Waals surface area (Å²) in [7, 11) is 1.41. The van der Waals surface area contributed by atoms with Gasteiger partial charge >= 0.3 is 5.97 Å². The van der Waals surface area contributed by atoms with Crippen LogP contribution >= 0.6 is 0 Å². The number of methoxy groups -OCH3 is 1. The smallest absolute Gasteiger partial charge is 0.337 e. The molecule has 0 atom stereocenters. The normalized spacial score (nSPS) is 14.5. The summed E-state index contributed by atoms with van der Waals surface area (Å²) in [6, 6.07) is 12.9. The number of fused-ring (bicyclic) bond motifs is 1. The van der Waals surface area contributed by atoms with Gasteiger partial charge in [0.25, 0.3) is 0 Å². The lowest BCUT2D eigenvalue weighted by Gasteiger charge is -2.07. The summed E-state index contributed by atoms with van der Waals surface area (Å²) in [4.78, 5) is 24.1. The first-order chi connectivity index (χ1) is 12.6. The summed E-state index contributed by atoms with van der Waals surface area (Å²) in [6.45, 7) is 1.63. The third-order valence-corrected chi connectivity index (χ3v) is 3.77. The van der Waals surface area contributed by atoms with Crippen molar-refractivity contribution in [2.24, 2.45) is 0 Å². The number of rotatable bonds is 5. The first kappa shape index (κ1) is 17.6. The van der Waals surface area contributed by atoms with Crippen LogP contribution in [-0.4, -0.2) is 25.5 Å². The molecule has 1 aliphatic heterocycles. The molecule has 26 heavy (non-hydrogen) atoms. The van der Waals surface area contributed by atoms with Crippen molar-refractivity contribution in [1.82, 2.24) is 0 Å². The summed E-state index contributed by atoms with van der Waals surface area (Å²) in [5.74, 6) is 0.227. The lowest BCUT2D eigenvalue weighted by atomic mass is 10.0. The summed E-state index contributed by atoms with van der Waals surface area (Å²) in [6.07, 6.45) is 5.28. The van der Waals surface area contributed by atoms with E-state index in [1.807, 2.05) is 36.4 Å². The van der Waals surface area contributed by atoms with E-state index in [1.54, 1.807) is 25.1 Å². The molecule has 2 aromatic carbocycles. The van der Waals surface area contributed by atoms with E-state index in [1.165, 1.54) is 13.2 Å². The summed E-state index contributed by atoms with van der Waals surface area (Å²) >= 11 is 0. The zero-order valence-electron chi connectivity index (χ0n) is 14.5. The molecular weight excluding hydrogens is 332 g/mol. The molecule has 0 spiro atoms. The summed E-state index contributed by atoms with van der Waals surface area (Å²) in [5, 5.41) is 0. The van der Waals surface area contributed by atoms with Crippen LogP contribution in [0.25, 0.3) is 6.08 Å². The Morgan fingerprint density at radius 2 is 1.96 bits per heavy atom. The van der Waals surface area contributed by atoms with E-state index in [0.29, 0.717) is 22.6 Å². The molecule has 5 nitrogen and oxygen atoms in total. The molecule has 0 saturated heterocycles. The highest BCUT2D eigenvalue weighted by atomic mass is 16.6. The Labute approximate surface area is 151 Å². The molecule has 0 N–H and O–H groups in total. The molecule has 0 saturated carbocycles. The molecule has 132 valence electrons. The second-order valence-corrected chi connectivity index (χ2v) is 5.75. The molecule has 3 rings (SSSR count). The molecule has 0 fully saturated rings. The van der Waals surface area contributed by atoms with Crippen LogP contribution < -0.4 is 9.47 Å². The maximum atomic E-state index is 12.5. The Morgan fingerprint density at radius 3 is 2.69 bits per heavy atom. The fourth-order valence-corrected chi connectivity index (χ4v) is 2.64. The molecule has 0 radical (unpaired) electrons. The number of Topliss-reactive ketones (excluding diaryl/α,β-unsaturated/α-hetero) is 1. The Kier molecular flexibility index (Phi) is 5.29. The molecule has 0 aliphatic carbocycles. The van der Waals surface area contributed by atoms with Gasteiger partial charge in [0.1, 0.15) is 18.1 Å². The van der Waals surface area contributed by atoms with Crippen LogP contribution in [0.2, 0.25) is 0 Å².